The summed E-state index contributed by atoms with van der Waals surface area (Å²) in [6, 6.07) is 0. The summed E-state index contributed by atoms with van der Waals surface area (Å²) in [6.45, 7) is 3.03. The number of amides is 1. The number of allylic oxidation sites excluding steroid dienone is 4. The number of carbonyl (C=O) groups excluding carboxylic acids is 1. The summed E-state index contributed by atoms with van der Waals surface area (Å²) in [4.78, 5) is 16.7. The van der Waals surface area contributed by atoms with E-state index < -0.39 is 0 Å². The number of hydrogen-bond acceptors (Lipinski definition) is 3. The molecule has 0 saturated carbocycles. The number of thiazole rings is 1. The molecule has 1 aliphatic rings. The molecule has 0 radical (unpaired) electrons. The molecule has 1 aliphatic carbocycles. The zero-order chi connectivity index (χ0) is 19.9. The van der Waals surface area contributed by atoms with E-state index in [1.54, 1.807) is 11.3 Å². The largest absolute Gasteiger partial charge is 0.351 e. The third-order valence-electron chi connectivity index (χ3n) is 5.29. The Bertz CT molecular complexity index is 618. The first-order valence-corrected chi connectivity index (χ1v) is 12.3. The van der Waals surface area contributed by atoms with Crippen LogP contribution in [-0.2, 0) is 0 Å². The Morgan fingerprint density at radius 1 is 0.964 bits per heavy atom. The van der Waals surface area contributed by atoms with Crippen LogP contribution in [0.1, 0.15) is 112 Å². The van der Waals surface area contributed by atoms with Gasteiger partial charge < -0.3 is 5.32 Å². The molecular weight excluding hydrogens is 364 g/mol. The van der Waals surface area contributed by atoms with Crippen LogP contribution in [0.2, 0.25) is 0 Å². The van der Waals surface area contributed by atoms with Crippen LogP contribution < -0.4 is 5.32 Å². The standard InChI is InChI=1S/C24H38N2OS/c1-2-3-4-5-6-7-8-9-10-11-12-16-19-25-23(27)22-20-28-24(26-22)21-17-14-13-15-18-21/h14,17-18,20H,2-13,15-16,19H2,1H3,(H,25,27). The molecule has 1 aromatic heterocycles. The molecule has 0 aliphatic heterocycles. The Labute approximate surface area is 175 Å². The van der Waals surface area contributed by atoms with Gasteiger partial charge in [0.1, 0.15) is 10.7 Å². The van der Waals surface area contributed by atoms with Crippen LogP contribution in [0.5, 0.6) is 0 Å². The van der Waals surface area contributed by atoms with Gasteiger partial charge in [-0.15, -0.1) is 11.3 Å². The monoisotopic (exact) mass is 402 g/mol. The fraction of sp³-hybridized carbons (Fsp3) is 0.667. The zero-order valence-corrected chi connectivity index (χ0v) is 18.5. The molecule has 28 heavy (non-hydrogen) atoms. The number of rotatable bonds is 15. The maximum atomic E-state index is 12.2. The summed E-state index contributed by atoms with van der Waals surface area (Å²) in [5.74, 6) is -0.0361. The molecule has 0 saturated heterocycles. The van der Waals surface area contributed by atoms with E-state index in [9.17, 15) is 4.79 Å². The number of nitrogens with zero attached hydrogens (tertiary/aromatic N) is 1. The van der Waals surface area contributed by atoms with Crippen molar-refractivity contribution in [1.29, 1.82) is 0 Å². The highest BCUT2D eigenvalue weighted by Gasteiger charge is 2.12. The molecule has 0 bridgehead atoms. The molecule has 1 amide bonds. The molecule has 0 spiro atoms. The highest BCUT2D eigenvalue weighted by atomic mass is 32.1. The summed E-state index contributed by atoms with van der Waals surface area (Å²) in [5.41, 5.74) is 1.70. The fourth-order valence-corrected chi connectivity index (χ4v) is 4.36. The minimum atomic E-state index is -0.0361. The third kappa shape index (κ3) is 9.18. The number of aromatic nitrogens is 1. The number of nitrogens with one attached hydrogen (secondary N) is 1. The molecule has 0 aromatic carbocycles. The van der Waals surface area contributed by atoms with E-state index in [2.05, 4.69) is 35.5 Å². The van der Waals surface area contributed by atoms with Crippen molar-refractivity contribution in [3.05, 3.63) is 34.3 Å². The fourth-order valence-electron chi connectivity index (χ4n) is 3.54. The lowest BCUT2D eigenvalue weighted by Gasteiger charge is -2.05. The van der Waals surface area contributed by atoms with Crippen LogP contribution >= 0.6 is 11.3 Å². The number of hydrogen-bond donors (Lipinski definition) is 1. The quantitative estimate of drug-likeness (QED) is 0.312. The molecule has 156 valence electrons. The van der Waals surface area contributed by atoms with E-state index >= 15 is 0 Å². The van der Waals surface area contributed by atoms with Crippen LogP contribution in [0.4, 0.5) is 0 Å². The third-order valence-corrected chi connectivity index (χ3v) is 6.19. The van der Waals surface area contributed by atoms with Gasteiger partial charge in [-0.3, -0.25) is 4.79 Å². The van der Waals surface area contributed by atoms with Crippen molar-refractivity contribution < 1.29 is 4.79 Å². The molecule has 0 atom stereocenters. The Hall–Kier alpha value is -1.42. The lowest BCUT2D eigenvalue weighted by Crippen LogP contribution is -2.24. The highest BCUT2D eigenvalue weighted by molar-refractivity contribution is 7.11. The number of carbonyl (C=O) groups is 1. The van der Waals surface area contributed by atoms with Crippen LogP contribution in [0.3, 0.4) is 0 Å². The van der Waals surface area contributed by atoms with Gasteiger partial charge >= 0.3 is 0 Å². The first-order chi connectivity index (χ1) is 13.8. The van der Waals surface area contributed by atoms with Crippen molar-refractivity contribution in [1.82, 2.24) is 10.3 Å². The van der Waals surface area contributed by atoms with Gasteiger partial charge in [0.2, 0.25) is 0 Å². The van der Waals surface area contributed by atoms with Gasteiger partial charge in [0.15, 0.2) is 0 Å². The number of unbranched alkanes of at least 4 members (excludes halogenated alkanes) is 11. The lowest BCUT2D eigenvalue weighted by molar-refractivity contribution is 0.0948. The summed E-state index contributed by atoms with van der Waals surface area (Å²) >= 11 is 1.55. The maximum Gasteiger partial charge on any atom is 0.270 e. The predicted octanol–water partition coefficient (Wildman–Crippen LogP) is 7.31. The first-order valence-electron chi connectivity index (χ1n) is 11.4. The van der Waals surface area contributed by atoms with Crippen LogP contribution in [0.15, 0.2) is 23.6 Å². The second-order valence-electron chi connectivity index (χ2n) is 7.82. The second kappa shape index (κ2) is 14.6. The van der Waals surface area contributed by atoms with Gasteiger partial charge in [-0.05, 0) is 19.3 Å². The first kappa shape index (κ1) is 22.9. The molecule has 0 fully saturated rings. The van der Waals surface area contributed by atoms with E-state index in [-0.39, 0.29) is 5.91 Å². The maximum absolute atomic E-state index is 12.2. The predicted molar refractivity (Wildman–Crippen MR) is 122 cm³/mol. The van der Waals surface area contributed by atoms with Crippen molar-refractivity contribution in [2.45, 2.75) is 96.8 Å². The minimum absolute atomic E-state index is 0.0361. The van der Waals surface area contributed by atoms with Gasteiger partial charge in [0.05, 0.1) is 0 Å². The second-order valence-corrected chi connectivity index (χ2v) is 8.68. The van der Waals surface area contributed by atoms with Gasteiger partial charge in [-0.25, -0.2) is 4.98 Å². The van der Waals surface area contributed by atoms with Crippen molar-refractivity contribution in [2.24, 2.45) is 0 Å². The summed E-state index contributed by atoms with van der Waals surface area (Å²) in [7, 11) is 0. The van der Waals surface area contributed by atoms with Crippen molar-refractivity contribution in [3.8, 4) is 0 Å². The molecule has 1 heterocycles. The molecular formula is C24H38N2OS. The van der Waals surface area contributed by atoms with Crippen LogP contribution in [0.25, 0.3) is 5.57 Å². The normalized spacial score (nSPS) is 13.5. The lowest BCUT2D eigenvalue weighted by atomic mass is 10.1. The summed E-state index contributed by atoms with van der Waals surface area (Å²) in [6.07, 6.45) is 24.7. The van der Waals surface area contributed by atoms with Gasteiger partial charge in [-0.1, -0.05) is 95.8 Å². The Kier molecular flexibility index (Phi) is 11.9. The Balaban J connectivity index is 1.45. The van der Waals surface area contributed by atoms with Crippen LogP contribution in [-0.4, -0.2) is 17.4 Å². The van der Waals surface area contributed by atoms with E-state index in [1.807, 2.05) is 5.38 Å². The minimum Gasteiger partial charge on any atom is -0.351 e. The summed E-state index contributed by atoms with van der Waals surface area (Å²) in [5, 5.41) is 5.84. The average molecular weight is 403 g/mol. The SMILES string of the molecule is CCCCCCCCCCCCCCNC(=O)c1csc(C2=CCCC=C2)n1. The van der Waals surface area contributed by atoms with E-state index in [0.717, 1.165) is 36.4 Å². The average Bonchev–Trinajstić information content (AvgIpc) is 3.22. The van der Waals surface area contributed by atoms with Crippen molar-refractivity contribution in [3.63, 3.8) is 0 Å². The van der Waals surface area contributed by atoms with Crippen molar-refractivity contribution in [2.75, 3.05) is 6.54 Å². The van der Waals surface area contributed by atoms with Gasteiger partial charge in [0.25, 0.3) is 5.91 Å². The summed E-state index contributed by atoms with van der Waals surface area (Å²) < 4.78 is 0. The van der Waals surface area contributed by atoms with Crippen molar-refractivity contribution >= 4 is 22.8 Å². The molecule has 3 nitrogen and oxygen atoms in total. The molecule has 0 unspecified atom stereocenters. The Morgan fingerprint density at radius 2 is 1.61 bits per heavy atom. The molecule has 1 N–H and O–H groups in total. The van der Waals surface area contributed by atoms with Gasteiger partial charge in [0, 0.05) is 17.5 Å². The molecule has 1 aromatic rings. The van der Waals surface area contributed by atoms with E-state index in [1.165, 1.54) is 70.6 Å². The topological polar surface area (TPSA) is 42.0 Å². The molecule has 2 rings (SSSR count). The zero-order valence-electron chi connectivity index (χ0n) is 17.7. The van der Waals surface area contributed by atoms with E-state index in [4.69, 9.17) is 0 Å². The highest BCUT2D eigenvalue weighted by Crippen LogP contribution is 2.24. The van der Waals surface area contributed by atoms with Crippen LogP contribution in [0, 0.1) is 0 Å². The smallest absolute Gasteiger partial charge is 0.270 e. The molecule has 4 heteroatoms. The van der Waals surface area contributed by atoms with Gasteiger partial charge in [-0.2, -0.15) is 0 Å². The Morgan fingerprint density at radius 3 is 2.21 bits per heavy atom. The van der Waals surface area contributed by atoms with E-state index in [0.29, 0.717) is 5.69 Å².